The van der Waals surface area contributed by atoms with E-state index in [0.29, 0.717) is 44.2 Å². The molecule has 5 atom stereocenters. The monoisotopic (exact) mass is 381 g/mol. The minimum absolute atomic E-state index is 0.0432. The second-order valence-corrected chi connectivity index (χ2v) is 9.76. The molecule has 3 rings (SSSR count). The number of carbonyl (C=O) groups excluding carboxylic acids is 1. The van der Waals surface area contributed by atoms with E-state index in [9.17, 15) is 9.90 Å². The van der Waals surface area contributed by atoms with Crippen LogP contribution >= 0.6 is 0 Å². The molecule has 2 saturated carbocycles. The minimum Gasteiger partial charge on any atom is -0.466 e. The maximum atomic E-state index is 12.0. The normalized spacial score (nSPS) is 36.7. The molecule has 0 spiro atoms. The summed E-state index contributed by atoms with van der Waals surface area (Å²) in [5.74, 6) is 0.649. The third-order valence-corrected chi connectivity index (χ3v) is 8.08. The molecule has 1 saturated heterocycles. The van der Waals surface area contributed by atoms with Crippen LogP contribution in [0.25, 0.3) is 0 Å². The largest absolute Gasteiger partial charge is 0.466 e. The fourth-order valence-electron chi connectivity index (χ4n) is 5.79. The molecule has 1 aliphatic heterocycles. The summed E-state index contributed by atoms with van der Waals surface area (Å²) in [5.41, 5.74) is 0.647. The molecule has 5 nitrogen and oxygen atoms in total. The minimum atomic E-state index is -0.398. The van der Waals surface area contributed by atoms with Gasteiger partial charge < -0.3 is 14.6 Å². The fourth-order valence-corrected chi connectivity index (χ4v) is 5.79. The number of carbonyl (C=O) groups is 1. The summed E-state index contributed by atoms with van der Waals surface area (Å²) in [4.78, 5) is 14.2. The Morgan fingerprint density at radius 3 is 2.70 bits per heavy atom. The number of rotatable bonds is 8. The number of hydrogen-bond donors (Lipinski definition) is 1. The molecule has 0 radical (unpaired) electrons. The van der Waals surface area contributed by atoms with E-state index in [2.05, 4.69) is 25.7 Å². The molecule has 0 amide bonds. The summed E-state index contributed by atoms with van der Waals surface area (Å²) in [6.45, 7) is 12.4. The highest BCUT2D eigenvalue weighted by atomic mass is 16.5. The van der Waals surface area contributed by atoms with Gasteiger partial charge in [0.15, 0.2) is 0 Å². The van der Waals surface area contributed by atoms with E-state index in [1.165, 1.54) is 19.3 Å². The van der Waals surface area contributed by atoms with E-state index in [4.69, 9.17) is 9.47 Å². The Labute approximate surface area is 164 Å². The third kappa shape index (κ3) is 4.20. The molecule has 5 unspecified atom stereocenters. The zero-order chi connectivity index (χ0) is 19.7. The number of nitrogens with zero attached hydrogens (tertiary/aromatic N) is 1. The summed E-state index contributed by atoms with van der Waals surface area (Å²) in [6.07, 6.45) is 6.26. The van der Waals surface area contributed by atoms with Crippen LogP contribution in [-0.2, 0) is 14.3 Å². The van der Waals surface area contributed by atoms with Gasteiger partial charge in [-0.3, -0.25) is 9.69 Å². The zero-order valence-electron chi connectivity index (χ0n) is 17.7. The molecule has 27 heavy (non-hydrogen) atoms. The molecule has 2 aliphatic carbocycles. The lowest BCUT2D eigenvalue weighted by atomic mass is 9.70. The summed E-state index contributed by atoms with van der Waals surface area (Å²) >= 11 is 0. The first-order chi connectivity index (χ1) is 12.8. The number of piperidine rings is 1. The molecule has 0 aromatic carbocycles. The van der Waals surface area contributed by atoms with Gasteiger partial charge in [-0.25, -0.2) is 0 Å². The number of esters is 1. The van der Waals surface area contributed by atoms with Gasteiger partial charge in [-0.15, -0.1) is 0 Å². The molecule has 1 heterocycles. The molecule has 156 valence electrons. The van der Waals surface area contributed by atoms with Crippen molar-refractivity contribution in [2.24, 2.45) is 22.7 Å². The van der Waals surface area contributed by atoms with E-state index >= 15 is 0 Å². The average molecular weight is 382 g/mol. The number of ether oxygens (including phenoxy) is 2. The fraction of sp³-hybridized carbons (Fsp3) is 0.955. The number of fused-ring (bicyclic) bond motifs is 2. The Morgan fingerprint density at radius 1 is 1.30 bits per heavy atom. The molecular weight excluding hydrogens is 342 g/mol. The molecule has 1 N–H and O–H groups in total. The van der Waals surface area contributed by atoms with E-state index in [1.54, 1.807) is 0 Å². The highest BCUT2D eigenvalue weighted by Gasteiger charge is 2.61. The van der Waals surface area contributed by atoms with Crippen molar-refractivity contribution >= 4 is 5.97 Å². The Hall–Kier alpha value is -0.650. The molecule has 2 bridgehead atoms. The number of β-amino-alcohol motifs (C(OH)–C–C–N with tert-alkyl or cyclic N) is 1. The standard InChI is InChI=1S/C22H39NO4/c1-5-26-20(25)16-7-6-11-23(14-16)15-18(24)9-12-27-19-13-17-8-10-22(19,4)21(17,2)3/h16-19,24H,5-15H2,1-4H3. The van der Waals surface area contributed by atoms with Gasteiger partial charge in [-0.2, -0.15) is 0 Å². The van der Waals surface area contributed by atoms with Crippen LogP contribution in [0.3, 0.4) is 0 Å². The van der Waals surface area contributed by atoms with Crippen LogP contribution in [0.4, 0.5) is 0 Å². The van der Waals surface area contributed by atoms with Crippen molar-refractivity contribution in [3.8, 4) is 0 Å². The highest BCUT2D eigenvalue weighted by molar-refractivity contribution is 5.72. The zero-order valence-corrected chi connectivity index (χ0v) is 17.7. The SMILES string of the molecule is CCOC(=O)C1CCCN(CC(O)CCOC2CC3CCC2(C)C3(C)C)C1. The van der Waals surface area contributed by atoms with Crippen molar-refractivity contribution in [2.75, 3.05) is 32.8 Å². The van der Waals surface area contributed by atoms with Crippen molar-refractivity contribution in [2.45, 2.75) is 78.4 Å². The quantitative estimate of drug-likeness (QED) is 0.654. The maximum Gasteiger partial charge on any atom is 0.310 e. The van der Waals surface area contributed by atoms with E-state index in [0.717, 1.165) is 25.3 Å². The Kier molecular flexibility index (Phi) is 6.54. The first-order valence-corrected chi connectivity index (χ1v) is 11.0. The van der Waals surface area contributed by atoms with Crippen LogP contribution in [0.2, 0.25) is 0 Å². The predicted octanol–water partition coefficient (Wildman–Crippen LogP) is 3.24. The number of hydrogen-bond acceptors (Lipinski definition) is 5. The summed E-state index contributed by atoms with van der Waals surface area (Å²) < 4.78 is 11.4. The van der Waals surface area contributed by atoms with Gasteiger partial charge in [0, 0.05) is 19.7 Å². The first kappa shape index (κ1) is 21.1. The first-order valence-electron chi connectivity index (χ1n) is 11.0. The molecule has 0 aromatic rings. The highest BCUT2D eigenvalue weighted by Crippen LogP contribution is 2.66. The van der Waals surface area contributed by atoms with Gasteiger partial charge in [-0.1, -0.05) is 20.8 Å². The van der Waals surface area contributed by atoms with Crippen molar-refractivity contribution in [1.82, 2.24) is 4.90 Å². The molecule has 0 aromatic heterocycles. The topological polar surface area (TPSA) is 59.0 Å². The second kappa shape index (κ2) is 8.38. The van der Waals surface area contributed by atoms with E-state index in [1.807, 2.05) is 6.92 Å². The molecule has 5 heteroatoms. The average Bonchev–Trinajstić information content (AvgIpc) is 2.95. The third-order valence-electron chi connectivity index (χ3n) is 8.08. The predicted molar refractivity (Wildman–Crippen MR) is 105 cm³/mol. The van der Waals surface area contributed by atoms with Crippen LogP contribution in [0.1, 0.15) is 66.2 Å². The number of aliphatic hydroxyl groups is 1. The molecule has 3 aliphatic rings. The van der Waals surface area contributed by atoms with Gasteiger partial charge in [0.1, 0.15) is 0 Å². The lowest BCUT2D eigenvalue weighted by Gasteiger charge is -2.39. The maximum absolute atomic E-state index is 12.0. The van der Waals surface area contributed by atoms with Crippen molar-refractivity contribution in [3.63, 3.8) is 0 Å². The summed E-state index contributed by atoms with van der Waals surface area (Å²) in [7, 11) is 0. The van der Waals surface area contributed by atoms with Crippen molar-refractivity contribution in [3.05, 3.63) is 0 Å². The van der Waals surface area contributed by atoms with Crippen LogP contribution in [0.5, 0.6) is 0 Å². The van der Waals surface area contributed by atoms with Crippen LogP contribution in [0, 0.1) is 22.7 Å². The van der Waals surface area contributed by atoms with Gasteiger partial charge >= 0.3 is 5.97 Å². The van der Waals surface area contributed by atoms with Crippen LogP contribution < -0.4 is 0 Å². The number of aliphatic hydroxyl groups excluding tert-OH is 1. The lowest BCUT2D eigenvalue weighted by Crippen LogP contribution is -2.43. The smallest absolute Gasteiger partial charge is 0.310 e. The van der Waals surface area contributed by atoms with Crippen LogP contribution in [-0.4, -0.2) is 61.0 Å². The number of likely N-dealkylation sites (tertiary alicyclic amines) is 1. The van der Waals surface area contributed by atoms with Gasteiger partial charge in [0.05, 0.1) is 24.7 Å². The van der Waals surface area contributed by atoms with Gasteiger partial charge in [-0.05, 0) is 68.7 Å². The Morgan fingerprint density at radius 2 is 2.07 bits per heavy atom. The van der Waals surface area contributed by atoms with E-state index in [-0.39, 0.29) is 17.3 Å². The van der Waals surface area contributed by atoms with Gasteiger partial charge in [0.2, 0.25) is 0 Å². The van der Waals surface area contributed by atoms with Crippen molar-refractivity contribution in [1.29, 1.82) is 0 Å². The van der Waals surface area contributed by atoms with Crippen LogP contribution in [0.15, 0.2) is 0 Å². The summed E-state index contributed by atoms with van der Waals surface area (Å²) in [5, 5.41) is 10.5. The second-order valence-electron chi connectivity index (χ2n) is 9.76. The molecular formula is C22H39NO4. The Balaban J connectivity index is 1.39. The lowest BCUT2D eigenvalue weighted by molar-refractivity contribution is -0.150. The van der Waals surface area contributed by atoms with Gasteiger partial charge in [0.25, 0.3) is 0 Å². The summed E-state index contributed by atoms with van der Waals surface area (Å²) in [6, 6.07) is 0. The molecule has 3 fully saturated rings. The van der Waals surface area contributed by atoms with E-state index < -0.39 is 6.10 Å². The van der Waals surface area contributed by atoms with Crippen molar-refractivity contribution < 1.29 is 19.4 Å². The Bertz CT molecular complexity index is 522.